The molecule has 1 aromatic carbocycles. The summed E-state index contributed by atoms with van der Waals surface area (Å²) in [5.74, 6) is -0.653. The number of primary amides is 1. The molecular formula is C14H20N4O3. The van der Waals surface area contributed by atoms with Crippen molar-refractivity contribution < 1.29 is 9.72 Å². The van der Waals surface area contributed by atoms with E-state index < -0.39 is 10.8 Å². The van der Waals surface area contributed by atoms with Crippen LogP contribution in [0, 0.1) is 10.1 Å². The van der Waals surface area contributed by atoms with Gasteiger partial charge in [0.2, 0.25) is 5.91 Å². The third kappa shape index (κ3) is 3.77. The van der Waals surface area contributed by atoms with E-state index in [4.69, 9.17) is 5.73 Å². The Hall–Kier alpha value is -1.99. The largest absolute Gasteiger partial charge is 0.366 e. The molecule has 1 amide bonds. The van der Waals surface area contributed by atoms with Crippen molar-refractivity contribution in [3.8, 4) is 0 Å². The van der Waals surface area contributed by atoms with E-state index in [9.17, 15) is 14.9 Å². The second kappa shape index (κ2) is 6.64. The van der Waals surface area contributed by atoms with E-state index in [1.165, 1.54) is 6.07 Å². The highest BCUT2D eigenvalue weighted by Crippen LogP contribution is 2.23. The van der Waals surface area contributed by atoms with Crippen LogP contribution in [-0.4, -0.2) is 41.9 Å². The number of rotatable bonds is 5. The average Bonchev–Trinajstić information content (AvgIpc) is 2.48. The second-order valence-corrected chi connectivity index (χ2v) is 5.30. The molecule has 0 bridgehead atoms. The van der Waals surface area contributed by atoms with E-state index in [2.05, 4.69) is 10.2 Å². The van der Waals surface area contributed by atoms with E-state index >= 15 is 0 Å². The van der Waals surface area contributed by atoms with Crippen molar-refractivity contribution in [3.63, 3.8) is 0 Å². The van der Waals surface area contributed by atoms with Crippen molar-refractivity contribution in [2.45, 2.75) is 25.4 Å². The first kappa shape index (κ1) is 15.4. The van der Waals surface area contributed by atoms with Crippen molar-refractivity contribution in [1.82, 2.24) is 10.2 Å². The first-order valence-corrected chi connectivity index (χ1v) is 6.98. The second-order valence-electron chi connectivity index (χ2n) is 5.30. The molecule has 1 heterocycles. The molecule has 2 rings (SSSR count). The van der Waals surface area contributed by atoms with Crippen LogP contribution in [0.1, 0.15) is 28.8 Å². The number of carbonyl (C=O) groups is 1. The lowest BCUT2D eigenvalue weighted by Gasteiger charge is -2.31. The van der Waals surface area contributed by atoms with Gasteiger partial charge in [-0.25, -0.2) is 0 Å². The molecule has 7 nitrogen and oxygen atoms in total. The lowest BCUT2D eigenvalue weighted by atomic mass is 10.0. The zero-order valence-corrected chi connectivity index (χ0v) is 12.0. The third-order valence-corrected chi connectivity index (χ3v) is 3.96. The third-order valence-electron chi connectivity index (χ3n) is 3.96. The number of hydrogen-bond acceptors (Lipinski definition) is 5. The number of nitrogens with one attached hydrogen (secondary N) is 1. The van der Waals surface area contributed by atoms with Gasteiger partial charge in [0.25, 0.3) is 5.69 Å². The number of carbonyl (C=O) groups excluding carboxylic acids is 1. The van der Waals surface area contributed by atoms with Gasteiger partial charge in [-0.05, 0) is 39.0 Å². The molecule has 0 atom stereocenters. The van der Waals surface area contributed by atoms with Crippen LogP contribution in [0.5, 0.6) is 0 Å². The van der Waals surface area contributed by atoms with Gasteiger partial charge in [0.15, 0.2) is 0 Å². The number of piperidine rings is 1. The Morgan fingerprint density at radius 1 is 1.48 bits per heavy atom. The summed E-state index contributed by atoms with van der Waals surface area (Å²) in [6, 6.07) is 4.96. The molecule has 3 N–H and O–H groups in total. The number of benzene rings is 1. The van der Waals surface area contributed by atoms with Gasteiger partial charge in [-0.2, -0.15) is 0 Å². The van der Waals surface area contributed by atoms with Crippen LogP contribution in [0.25, 0.3) is 0 Å². The van der Waals surface area contributed by atoms with Crippen molar-refractivity contribution >= 4 is 11.6 Å². The van der Waals surface area contributed by atoms with E-state index in [0.717, 1.165) is 25.9 Å². The first-order chi connectivity index (χ1) is 10.0. The predicted molar refractivity (Wildman–Crippen MR) is 79.0 cm³/mol. The maximum atomic E-state index is 11.2. The average molecular weight is 292 g/mol. The maximum Gasteiger partial charge on any atom is 0.274 e. The molecule has 0 aliphatic carbocycles. The van der Waals surface area contributed by atoms with Crippen molar-refractivity contribution in [2.24, 2.45) is 5.73 Å². The van der Waals surface area contributed by atoms with Gasteiger partial charge in [-0.3, -0.25) is 19.8 Å². The molecule has 0 aromatic heterocycles. The Morgan fingerprint density at radius 3 is 2.67 bits per heavy atom. The quantitative estimate of drug-likeness (QED) is 0.619. The van der Waals surface area contributed by atoms with Crippen molar-refractivity contribution in [1.29, 1.82) is 0 Å². The van der Waals surface area contributed by atoms with E-state index in [1.807, 2.05) is 7.05 Å². The summed E-state index contributed by atoms with van der Waals surface area (Å²) in [7, 11) is 1.95. The fraction of sp³-hybridized carbons (Fsp3) is 0.500. The van der Waals surface area contributed by atoms with E-state index in [0.29, 0.717) is 18.2 Å². The highest BCUT2D eigenvalue weighted by Gasteiger charge is 2.22. The summed E-state index contributed by atoms with van der Waals surface area (Å²) < 4.78 is 0. The molecule has 0 unspecified atom stereocenters. The topological polar surface area (TPSA) is 102 Å². The standard InChI is InChI=1S/C14H20N4O3/c1-16-12-4-6-17(7-5-12)9-11-3-2-10(14(15)19)8-13(11)18(20)21/h2-3,8,12,16H,4-7,9H2,1H3,(H2,15,19). The number of nitrogens with two attached hydrogens (primary N) is 1. The molecule has 1 aliphatic heterocycles. The lowest BCUT2D eigenvalue weighted by Crippen LogP contribution is -2.40. The SMILES string of the molecule is CNC1CCN(Cc2ccc(C(N)=O)cc2[N+](=O)[O-])CC1. The normalized spacial score (nSPS) is 16.8. The van der Waals surface area contributed by atoms with Crippen molar-refractivity contribution in [2.75, 3.05) is 20.1 Å². The summed E-state index contributed by atoms with van der Waals surface area (Å²) in [4.78, 5) is 24.0. The number of likely N-dealkylation sites (tertiary alicyclic amines) is 1. The number of nitro groups is 1. The van der Waals surface area contributed by atoms with Gasteiger partial charge in [-0.1, -0.05) is 6.07 Å². The van der Waals surface area contributed by atoms with Gasteiger partial charge in [0.05, 0.1) is 4.92 Å². The van der Waals surface area contributed by atoms with Crippen LogP contribution >= 0.6 is 0 Å². The van der Waals surface area contributed by atoms with Gasteiger partial charge in [0.1, 0.15) is 0 Å². The Labute approximate surface area is 123 Å². The number of nitro benzene ring substituents is 1. The summed E-state index contributed by atoms with van der Waals surface area (Å²) in [5, 5.41) is 14.4. The van der Waals surface area contributed by atoms with Crippen LogP contribution in [0.2, 0.25) is 0 Å². The van der Waals surface area contributed by atoms with E-state index in [1.54, 1.807) is 12.1 Å². The predicted octanol–water partition coefficient (Wildman–Crippen LogP) is 0.877. The van der Waals surface area contributed by atoms with Gasteiger partial charge in [-0.15, -0.1) is 0 Å². The van der Waals surface area contributed by atoms with Gasteiger partial charge in [0, 0.05) is 29.8 Å². The Kier molecular flexibility index (Phi) is 4.87. The minimum atomic E-state index is -0.653. The summed E-state index contributed by atoms with van der Waals surface area (Å²) >= 11 is 0. The van der Waals surface area contributed by atoms with Gasteiger partial charge >= 0.3 is 0 Å². The highest BCUT2D eigenvalue weighted by atomic mass is 16.6. The van der Waals surface area contributed by atoms with Gasteiger partial charge < -0.3 is 11.1 Å². The number of hydrogen-bond donors (Lipinski definition) is 2. The highest BCUT2D eigenvalue weighted by molar-refractivity contribution is 5.93. The summed E-state index contributed by atoms with van der Waals surface area (Å²) in [6.07, 6.45) is 2.06. The van der Waals surface area contributed by atoms with Crippen LogP contribution in [0.4, 0.5) is 5.69 Å². The van der Waals surface area contributed by atoms with E-state index in [-0.39, 0.29) is 11.3 Å². The molecule has 1 fully saturated rings. The molecule has 1 aliphatic rings. The molecule has 0 saturated carbocycles. The van der Waals surface area contributed by atoms with Crippen LogP contribution in [0.3, 0.4) is 0 Å². The summed E-state index contributed by atoms with van der Waals surface area (Å²) in [6.45, 7) is 2.33. The Bertz CT molecular complexity index is 539. The number of amides is 1. The minimum absolute atomic E-state index is 0.0398. The summed E-state index contributed by atoms with van der Waals surface area (Å²) in [5.41, 5.74) is 5.91. The fourth-order valence-electron chi connectivity index (χ4n) is 2.64. The molecule has 7 heteroatoms. The van der Waals surface area contributed by atoms with Crippen molar-refractivity contribution in [3.05, 3.63) is 39.4 Å². The monoisotopic (exact) mass is 292 g/mol. The molecular weight excluding hydrogens is 272 g/mol. The van der Waals surface area contributed by atoms with Crippen LogP contribution in [0.15, 0.2) is 18.2 Å². The molecule has 1 aromatic rings. The number of nitrogens with zero attached hydrogens (tertiary/aromatic N) is 2. The maximum absolute atomic E-state index is 11.2. The molecule has 114 valence electrons. The Morgan fingerprint density at radius 2 is 2.14 bits per heavy atom. The zero-order chi connectivity index (χ0) is 15.4. The smallest absolute Gasteiger partial charge is 0.274 e. The molecule has 1 saturated heterocycles. The zero-order valence-electron chi connectivity index (χ0n) is 12.0. The Balaban J connectivity index is 2.13. The molecule has 0 spiro atoms. The molecule has 0 radical (unpaired) electrons. The van der Waals surface area contributed by atoms with Crippen LogP contribution < -0.4 is 11.1 Å². The van der Waals surface area contributed by atoms with Crippen LogP contribution in [-0.2, 0) is 6.54 Å². The fourth-order valence-corrected chi connectivity index (χ4v) is 2.64. The minimum Gasteiger partial charge on any atom is -0.366 e. The molecule has 21 heavy (non-hydrogen) atoms. The lowest BCUT2D eigenvalue weighted by molar-refractivity contribution is -0.385. The first-order valence-electron chi connectivity index (χ1n) is 6.98.